The Bertz CT molecular complexity index is 1420. The molecule has 3 aromatic carbocycles. The molecule has 224 valence electrons. The lowest BCUT2D eigenvalue weighted by Crippen LogP contribution is -2.44. The number of methoxy groups -OCH3 is 1. The standard InChI is InChI=1S/C35H44ClN3O3/c1-21(2)33-26(14-22(3)27-8-7-13-39(35(27)40)31-10-6-5-9-29(31)36)20-42-34-28(33)17-24(18-32(34)41-4)16-25-15-23(19-37)11-12-30(25)38/h5-6,9-12,15,17-18,21-22,26-27,33H,7-8,13-14,16,19-20,37-38H2,1-4H3. The van der Waals surface area contributed by atoms with Gasteiger partial charge >= 0.3 is 0 Å². The van der Waals surface area contributed by atoms with Crippen LogP contribution < -0.4 is 25.8 Å². The van der Waals surface area contributed by atoms with Crippen molar-refractivity contribution in [2.75, 3.05) is 30.9 Å². The van der Waals surface area contributed by atoms with Crippen LogP contribution in [-0.4, -0.2) is 26.2 Å². The maximum absolute atomic E-state index is 13.8. The number of rotatable bonds is 9. The van der Waals surface area contributed by atoms with Gasteiger partial charge in [-0.2, -0.15) is 0 Å². The minimum atomic E-state index is -0.0390. The molecule has 1 fully saturated rings. The van der Waals surface area contributed by atoms with E-state index in [2.05, 4.69) is 39.0 Å². The zero-order valence-corrected chi connectivity index (χ0v) is 26.0. The molecular formula is C35H44ClN3O3. The van der Waals surface area contributed by atoms with Crippen molar-refractivity contribution in [3.63, 3.8) is 0 Å². The summed E-state index contributed by atoms with van der Waals surface area (Å²) in [6, 6.07) is 18.0. The van der Waals surface area contributed by atoms with E-state index in [0.717, 1.165) is 58.8 Å². The third-order valence-corrected chi connectivity index (χ3v) is 9.53. The van der Waals surface area contributed by atoms with Crippen LogP contribution in [0.2, 0.25) is 5.02 Å². The zero-order chi connectivity index (χ0) is 30.0. The summed E-state index contributed by atoms with van der Waals surface area (Å²) >= 11 is 6.49. The topological polar surface area (TPSA) is 90.8 Å². The van der Waals surface area contributed by atoms with E-state index in [-0.39, 0.29) is 29.6 Å². The molecule has 0 aliphatic carbocycles. The summed E-state index contributed by atoms with van der Waals surface area (Å²) < 4.78 is 12.3. The largest absolute Gasteiger partial charge is 0.493 e. The number of hydrogen-bond donors (Lipinski definition) is 2. The third-order valence-electron chi connectivity index (χ3n) is 9.21. The molecule has 0 radical (unpaired) electrons. The van der Waals surface area contributed by atoms with Crippen LogP contribution in [-0.2, 0) is 17.8 Å². The van der Waals surface area contributed by atoms with Crippen LogP contribution in [0.1, 0.15) is 68.2 Å². The Hall–Kier alpha value is -3.22. The molecule has 0 bridgehead atoms. The highest BCUT2D eigenvalue weighted by Gasteiger charge is 2.40. The number of hydrogen-bond acceptors (Lipinski definition) is 5. The Morgan fingerprint density at radius 1 is 1.10 bits per heavy atom. The summed E-state index contributed by atoms with van der Waals surface area (Å²) in [6.07, 6.45) is 3.47. The molecule has 0 aromatic heterocycles. The van der Waals surface area contributed by atoms with Crippen molar-refractivity contribution in [1.29, 1.82) is 0 Å². The number of fused-ring (bicyclic) bond motifs is 1. The Balaban J connectivity index is 1.40. The number of benzene rings is 3. The molecule has 1 amide bonds. The van der Waals surface area contributed by atoms with Gasteiger partial charge in [0.05, 0.1) is 24.4 Å². The van der Waals surface area contributed by atoms with E-state index in [1.807, 2.05) is 41.3 Å². The van der Waals surface area contributed by atoms with E-state index >= 15 is 0 Å². The summed E-state index contributed by atoms with van der Waals surface area (Å²) in [6.45, 7) is 8.59. The first-order valence-corrected chi connectivity index (χ1v) is 15.6. The molecule has 5 rings (SSSR count). The average Bonchev–Trinajstić information content (AvgIpc) is 2.98. The van der Waals surface area contributed by atoms with Crippen LogP contribution in [0.3, 0.4) is 0 Å². The van der Waals surface area contributed by atoms with Gasteiger partial charge in [-0.25, -0.2) is 0 Å². The van der Waals surface area contributed by atoms with Gasteiger partial charge in [-0.15, -0.1) is 0 Å². The number of nitrogens with two attached hydrogens (primary N) is 2. The van der Waals surface area contributed by atoms with Gasteiger partial charge in [-0.1, -0.05) is 62.7 Å². The van der Waals surface area contributed by atoms with Crippen LogP contribution in [0.25, 0.3) is 0 Å². The summed E-state index contributed by atoms with van der Waals surface area (Å²) in [5, 5.41) is 0.623. The molecule has 42 heavy (non-hydrogen) atoms. The minimum absolute atomic E-state index is 0.0390. The van der Waals surface area contributed by atoms with Crippen LogP contribution in [0.5, 0.6) is 11.5 Å². The average molecular weight is 590 g/mol. The number of amides is 1. The first-order valence-electron chi connectivity index (χ1n) is 15.2. The lowest BCUT2D eigenvalue weighted by molar-refractivity contribution is -0.125. The maximum Gasteiger partial charge on any atom is 0.230 e. The lowest BCUT2D eigenvalue weighted by Gasteiger charge is -2.41. The van der Waals surface area contributed by atoms with E-state index in [9.17, 15) is 4.79 Å². The third kappa shape index (κ3) is 6.11. The van der Waals surface area contributed by atoms with Crippen molar-refractivity contribution in [1.82, 2.24) is 0 Å². The molecule has 4 N–H and O–H groups in total. The maximum atomic E-state index is 13.8. The van der Waals surface area contributed by atoms with Gasteiger partial charge in [0, 0.05) is 36.2 Å². The van der Waals surface area contributed by atoms with Crippen LogP contribution in [0.15, 0.2) is 54.6 Å². The zero-order valence-electron chi connectivity index (χ0n) is 25.2. The first-order chi connectivity index (χ1) is 20.2. The second-order valence-corrected chi connectivity index (χ2v) is 12.8. The molecule has 2 aliphatic heterocycles. The van der Waals surface area contributed by atoms with Crippen molar-refractivity contribution >= 4 is 28.9 Å². The van der Waals surface area contributed by atoms with E-state index in [0.29, 0.717) is 37.1 Å². The van der Waals surface area contributed by atoms with E-state index < -0.39 is 0 Å². The van der Waals surface area contributed by atoms with Crippen LogP contribution in [0, 0.1) is 23.7 Å². The molecule has 4 unspecified atom stereocenters. The molecular weight excluding hydrogens is 546 g/mol. The minimum Gasteiger partial charge on any atom is -0.493 e. The molecule has 0 saturated carbocycles. The fourth-order valence-electron chi connectivity index (χ4n) is 7.15. The lowest BCUT2D eigenvalue weighted by atomic mass is 9.70. The fourth-order valence-corrected chi connectivity index (χ4v) is 7.38. The molecule has 6 nitrogen and oxygen atoms in total. The summed E-state index contributed by atoms with van der Waals surface area (Å²) in [5.41, 5.74) is 18.3. The highest BCUT2D eigenvalue weighted by atomic mass is 35.5. The normalized spacial score (nSPS) is 21.2. The monoisotopic (exact) mass is 589 g/mol. The summed E-state index contributed by atoms with van der Waals surface area (Å²) in [4.78, 5) is 15.6. The molecule has 0 spiro atoms. The number of anilines is 2. The Labute approximate surface area is 255 Å². The Morgan fingerprint density at radius 2 is 1.88 bits per heavy atom. The van der Waals surface area contributed by atoms with E-state index in [1.54, 1.807) is 7.11 Å². The number of nitrogens with zero attached hydrogens (tertiary/aromatic N) is 1. The fraction of sp³-hybridized carbons (Fsp3) is 0.457. The van der Waals surface area contributed by atoms with Gasteiger partial charge in [0.15, 0.2) is 11.5 Å². The second-order valence-electron chi connectivity index (χ2n) is 12.4. The number of halogens is 1. The van der Waals surface area contributed by atoms with Crippen LogP contribution >= 0.6 is 11.6 Å². The first kappa shape index (κ1) is 30.2. The van der Waals surface area contributed by atoms with Crippen molar-refractivity contribution in [3.05, 3.63) is 81.9 Å². The van der Waals surface area contributed by atoms with Crippen molar-refractivity contribution in [2.45, 2.75) is 58.9 Å². The predicted molar refractivity (Wildman–Crippen MR) is 171 cm³/mol. The highest BCUT2D eigenvalue weighted by molar-refractivity contribution is 6.33. The second kappa shape index (κ2) is 13.0. The summed E-state index contributed by atoms with van der Waals surface area (Å²) in [7, 11) is 1.70. The number of carbonyl (C=O) groups is 1. The number of nitrogen functional groups attached to an aromatic ring is 1. The van der Waals surface area contributed by atoms with Crippen molar-refractivity contribution in [2.24, 2.45) is 29.4 Å². The molecule has 4 atom stereocenters. The Kier molecular flexibility index (Phi) is 9.34. The molecule has 2 aliphatic rings. The van der Waals surface area contributed by atoms with Gasteiger partial charge in [0.1, 0.15) is 0 Å². The number of carbonyl (C=O) groups excluding carboxylic acids is 1. The van der Waals surface area contributed by atoms with E-state index in [4.69, 9.17) is 32.5 Å². The van der Waals surface area contributed by atoms with E-state index in [1.165, 1.54) is 5.56 Å². The van der Waals surface area contributed by atoms with Crippen molar-refractivity contribution in [3.8, 4) is 11.5 Å². The van der Waals surface area contributed by atoms with Crippen LogP contribution in [0.4, 0.5) is 11.4 Å². The molecule has 1 saturated heterocycles. The smallest absolute Gasteiger partial charge is 0.230 e. The predicted octanol–water partition coefficient (Wildman–Crippen LogP) is 7.20. The quantitative estimate of drug-likeness (QED) is 0.258. The highest BCUT2D eigenvalue weighted by Crippen LogP contribution is 2.49. The number of para-hydroxylation sites is 1. The Morgan fingerprint density at radius 3 is 2.60 bits per heavy atom. The van der Waals surface area contributed by atoms with Crippen molar-refractivity contribution < 1.29 is 14.3 Å². The van der Waals surface area contributed by atoms with Gasteiger partial charge in [0.2, 0.25) is 5.91 Å². The van der Waals surface area contributed by atoms with Gasteiger partial charge < -0.3 is 25.8 Å². The van der Waals surface area contributed by atoms with Gasteiger partial charge in [-0.3, -0.25) is 4.79 Å². The number of ether oxygens (including phenoxy) is 2. The number of piperidine rings is 1. The molecule has 2 heterocycles. The molecule has 7 heteroatoms. The van der Waals surface area contributed by atoms with Gasteiger partial charge in [0.25, 0.3) is 0 Å². The SMILES string of the molecule is COc1cc(Cc2cc(CN)ccc2N)cc2c1OCC(CC(C)C1CCCN(c3ccccc3Cl)C1=O)C2C(C)C. The summed E-state index contributed by atoms with van der Waals surface area (Å²) in [5.74, 6) is 2.89. The van der Waals surface area contributed by atoms with Gasteiger partial charge in [-0.05, 0) is 84.4 Å². The molecule has 3 aromatic rings.